The van der Waals surface area contributed by atoms with Gasteiger partial charge in [0.1, 0.15) is 5.82 Å². The number of aryl methyl sites for hydroxylation is 1. The number of aromatic nitrogens is 2. The third kappa shape index (κ3) is 2.48. The van der Waals surface area contributed by atoms with Crippen LogP contribution >= 0.6 is 0 Å². The maximum absolute atomic E-state index is 5.64. The Bertz CT molecular complexity index is 513. The molecule has 0 bridgehead atoms. The molecule has 0 aliphatic carbocycles. The number of nitrogens with zero attached hydrogens (tertiary/aromatic N) is 3. The number of benzene rings is 1. The second-order valence-corrected chi connectivity index (χ2v) is 4.67. The molecule has 1 aromatic heterocycles. The summed E-state index contributed by atoms with van der Waals surface area (Å²) in [6.07, 6.45) is 0.968. The van der Waals surface area contributed by atoms with E-state index < -0.39 is 0 Å². The first-order valence-electron chi connectivity index (χ1n) is 5.91. The van der Waals surface area contributed by atoms with Gasteiger partial charge in [-0.3, -0.25) is 0 Å². The third-order valence-corrected chi connectivity index (χ3v) is 3.06. The molecule has 1 aromatic carbocycles. The van der Waals surface area contributed by atoms with Gasteiger partial charge < -0.3 is 15.2 Å². The molecule has 92 valence electrons. The van der Waals surface area contributed by atoms with Crippen molar-refractivity contribution >= 4 is 11.0 Å². The molecule has 4 heteroatoms. The molecule has 0 radical (unpaired) electrons. The maximum Gasteiger partial charge on any atom is 0.110 e. The zero-order chi connectivity index (χ0) is 12.4. The Morgan fingerprint density at radius 2 is 2.12 bits per heavy atom. The number of fused-ring (bicyclic) bond motifs is 1. The fourth-order valence-electron chi connectivity index (χ4n) is 1.97. The lowest BCUT2D eigenvalue weighted by molar-refractivity contribution is 0.408. The molecule has 0 unspecified atom stereocenters. The van der Waals surface area contributed by atoms with Crippen LogP contribution < -0.4 is 5.73 Å². The van der Waals surface area contributed by atoms with Crippen LogP contribution in [0.3, 0.4) is 0 Å². The Kier molecular flexibility index (Phi) is 3.45. The quantitative estimate of drug-likeness (QED) is 0.860. The van der Waals surface area contributed by atoms with Gasteiger partial charge >= 0.3 is 0 Å². The summed E-state index contributed by atoms with van der Waals surface area (Å²) in [5, 5.41) is 0. The SMILES string of the molecule is CN(C)CCc1nc2cc(CN)ccc2n1C. The van der Waals surface area contributed by atoms with Crippen molar-refractivity contribution in [3.05, 3.63) is 29.6 Å². The predicted molar refractivity (Wildman–Crippen MR) is 70.9 cm³/mol. The highest BCUT2D eigenvalue weighted by molar-refractivity contribution is 5.76. The summed E-state index contributed by atoms with van der Waals surface area (Å²) in [4.78, 5) is 6.84. The Morgan fingerprint density at radius 3 is 2.76 bits per heavy atom. The lowest BCUT2D eigenvalue weighted by Crippen LogP contribution is -2.16. The monoisotopic (exact) mass is 232 g/mol. The molecule has 17 heavy (non-hydrogen) atoms. The minimum Gasteiger partial charge on any atom is -0.331 e. The van der Waals surface area contributed by atoms with Crippen molar-refractivity contribution in [2.75, 3.05) is 20.6 Å². The normalized spacial score (nSPS) is 11.6. The molecule has 0 aliphatic heterocycles. The van der Waals surface area contributed by atoms with E-state index in [-0.39, 0.29) is 0 Å². The van der Waals surface area contributed by atoms with Crippen molar-refractivity contribution in [3.8, 4) is 0 Å². The maximum atomic E-state index is 5.64. The van der Waals surface area contributed by atoms with E-state index in [4.69, 9.17) is 5.73 Å². The molecule has 0 fully saturated rings. The molecule has 4 nitrogen and oxygen atoms in total. The minimum absolute atomic E-state index is 0.569. The van der Waals surface area contributed by atoms with Gasteiger partial charge in [-0.2, -0.15) is 0 Å². The summed E-state index contributed by atoms with van der Waals surface area (Å²) in [5.74, 6) is 1.13. The zero-order valence-electron chi connectivity index (χ0n) is 10.8. The summed E-state index contributed by atoms with van der Waals surface area (Å²) in [6, 6.07) is 6.25. The van der Waals surface area contributed by atoms with Crippen LogP contribution in [0.5, 0.6) is 0 Å². The van der Waals surface area contributed by atoms with E-state index in [0.717, 1.165) is 29.9 Å². The van der Waals surface area contributed by atoms with E-state index >= 15 is 0 Å². The van der Waals surface area contributed by atoms with Crippen LogP contribution in [0.25, 0.3) is 11.0 Å². The number of imidazole rings is 1. The number of hydrogen-bond donors (Lipinski definition) is 1. The largest absolute Gasteiger partial charge is 0.331 e. The van der Waals surface area contributed by atoms with E-state index in [9.17, 15) is 0 Å². The van der Waals surface area contributed by atoms with Gasteiger partial charge in [-0.05, 0) is 31.8 Å². The van der Waals surface area contributed by atoms with E-state index in [1.807, 2.05) is 0 Å². The van der Waals surface area contributed by atoms with Gasteiger partial charge in [0.05, 0.1) is 11.0 Å². The molecule has 2 aromatic rings. The Labute approximate surface area is 102 Å². The molecule has 0 aliphatic rings. The average molecular weight is 232 g/mol. The van der Waals surface area contributed by atoms with Gasteiger partial charge in [-0.1, -0.05) is 6.07 Å². The van der Waals surface area contributed by atoms with Crippen LogP contribution in [-0.4, -0.2) is 35.1 Å². The van der Waals surface area contributed by atoms with Gasteiger partial charge in [0, 0.05) is 26.6 Å². The number of hydrogen-bond acceptors (Lipinski definition) is 3. The standard InChI is InChI=1S/C13H20N4/c1-16(2)7-6-13-15-11-8-10(9-14)4-5-12(11)17(13)3/h4-5,8H,6-7,9,14H2,1-3H3. The number of rotatable bonds is 4. The van der Waals surface area contributed by atoms with Crippen molar-refractivity contribution < 1.29 is 0 Å². The smallest absolute Gasteiger partial charge is 0.110 e. The lowest BCUT2D eigenvalue weighted by Gasteiger charge is -2.08. The average Bonchev–Trinajstić information content (AvgIpc) is 2.63. The van der Waals surface area contributed by atoms with E-state index in [1.54, 1.807) is 0 Å². The molecular weight excluding hydrogens is 212 g/mol. The van der Waals surface area contributed by atoms with Crippen LogP contribution in [0.15, 0.2) is 18.2 Å². The summed E-state index contributed by atoms with van der Waals surface area (Å²) in [5.41, 5.74) is 9.00. The van der Waals surface area contributed by atoms with Crippen molar-refractivity contribution in [2.24, 2.45) is 12.8 Å². The van der Waals surface area contributed by atoms with E-state index in [0.29, 0.717) is 6.54 Å². The van der Waals surface area contributed by atoms with Crippen LogP contribution in [-0.2, 0) is 20.0 Å². The van der Waals surface area contributed by atoms with Crippen molar-refractivity contribution in [1.82, 2.24) is 14.5 Å². The zero-order valence-corrected chi connectivity index (χ0v) is 10.8. The van der Waals surface area contributed by atoms with Crippen LogP contribution in [0.1, 0.15) is 11.4 Å². The molecule has 2 N–H and O–H groups in total. The molecule has 1 heterocycles. The number of likely N-dealkylation sites (N-methyl/N-ethyl adjacent to an activating group) is 1. The molecule has 0 amide bonds. The molecule has 0 saturated heterocycles. The van der Waals surface area contributed by atoms with Gasteiger partial charge in [0.2, 0.25) is 0 Å². The van der Waals surface area contributed by atoms with Crippen molar-refractivity contribution in [3.63, 3.8) is 0 Å². The molecular formula is C13H20N4. The Hall–Kier alpha value is -1.39. The highest BCUT2D eigenvalue weighted by Gasteiger charge is 2.08. The fraction of sp³-hybridized carbons (Fsp3) is 0.462. The van der Waals surface area contributed by atoms with Crippen LogP contribution in [0.2, 0.25) is 0 Å². The summed E-state index contributed by atoms with van der Waals surface area (Å²) < 4.78 is 2.17. The lowest BCUT2D eigenvalue weighted by atomic mass is 10.2. The van der Waals surface area contributed by atoms with E-state index in [1.165, 1.54) is 5.52 Å². The topological polar surface area (TPSA) is 47.1 Å². The summed E-state index contributed by atoms with van der Waals surface area (Å²) in [6.45, 7) is 1.58. The van der Waals surface area contributed by atoms with Gasteiger partial charge in [-0.25, -0.2) is 4.98 Å². The van der Waals surface area contributed by atoms with Gasteiger partial charge in [0.15, 0.2) is 0 Å². The second-order valence-electron chi connectivity index (χ2n) is 4.67. The summed E-state index contributed by atoms with van der Waals surface area (Å²) >= 11 is 0. The Balaban J connectivity index is 2.34. The second kappa shape index (κ2) is 4.85. The first-order chi connectivity index (χ1) is 8.11. The van der Waals surface area contributed by atoms with Gasteiger partial charge in [-0.15, -0.1) is 0 Å². The molecule has 0 atom stereocenters. The predicted octanol–water partition coefficient (Wildman–Crippen LogP) is 1.14. The van der Waals surface area contributed by atoms with Crippen molar-refractivity contribution in [1.29, 1.82) is 0 Å². The molecule has 0 saturated carbocycles. The fourth-order valence-corrected chi connectivity index (χ4v) is 1.97. The first kappa shape index (κ1) is 12.1. The first-order valence-corrected chi connectivity index (χ1v) is 5.91. The Morgan fingerprint density at radius 1 is 1.35 bits per heavy atom. The summed E-state index contributed by atoms with van der Waals surface area (Å²) in [7, 11) is 6.23. The highest BCUT2D eigenvalue weighted by atomic mass is 15.1. The van der Waals surface area contributed by atoms with Crippen molar-refractivity contribution in [2.45, 2.75) is 13.0 Å². The molecule has 0 spiro atoms. The van der Waals surface area contributed by atoms with Crippen LogP contribution in [0.4, 0.5) is 0 Å². The third-order valence-electron chi connectivity index (χ3n) is 3.06. The van der Waals surface area contributed by atoms with E-state index in [2.05, 4.69) is 53.8 Å². The van der Waals surface area contributed by atoms with Crippen LogP contribution in [0, 0.1) is 0 Å². The molecule has 2 rings (SSSR count). The minimum atomic E-state index is 0.569. The number of nitrogens with two attached hydrogens (primary N) is 1. The highest BCUT2D eigenvalue weighted by Crippen LogP contribution is 2.17. The van der Waals surface area contributed by atoms with Gasteiger partial charge in [0.25, 0.3) is 0 Å².